The number of benzene rings is 2. The van der Waals surface area contributed by atoms with Crippen LogP contribution < -0.4 is 15.4 Å². The number of amides is 2. The monoisotopic (exact) mass is 390 g/mol. The Kier molecular flexibility index (Phi) is 6.47. The maximum atomic E-state index is 12.9. The van der Waals surface area contributed by atoms with Crippen LogP contribution in [0.2, 0.25) is 0 Å². The lowest BCUT2D eigenvalue weighted by atomic mass is 10.2. The Labute approximate surface area is 169 Å². The molecule has 0 aliphatic carbocycles. The minimum Gasteiger partial charge on any atom is -0.494 e. The third-order valence-corrected chi connectivity index (χ3v) is 4.09. The van der Waals surface area contributed by atoms with E-state index < -0.39 is 5.91 Å². The van der Waals surface area contributed by atoms with Crippen molar-refractivity contribution >= 4 is 23.6 Å². The molecule has 2 N–H and O–H groups in total. The minimum atomic E-state index is -0.464. The van der Waals surface area contributed by atoms with Crippen LogP contribution in [-0.2, 0) is 4.79 Å². The van der Waals surface area contributed by atoms with E-state index in [1.54, 1.807) is 48.5 Å². The highest BCUT2D eigenvalue weighted by atomic mass is 16.5. The van der Waals surface area contributed by atoms with Gasteiger partial charge in [-0.15, -0.1) is 0 Å². The van der Waals surface area contributed by atoms with Gasteiger partial charge in [-0.2, -0.15) is 0 Å². The van der Waals surface area contributed by atoms with Gasteiger partial charge in [0.1, 0.15) is 17.2 Å². The second-order valence-corrected chi connectivity index (χ2v) is 6.26. The number of nitrogens with one attached hydrogen (secondary N) is 2. The summed E-state index contributed by atoms with van der Waals surface area (Å²) in [6.07, 6.45) is 2.98. The second kappa shape index (κ2) is 9.41. The highest BCUT2D eigenvalue weighted by Gasteiger charge is 2.16. The van der Waals surface area contributed by atoms with Gasteiger partial charge in [0.05, 0.1) is 12.9 Å². The number of anilines is 1. The lowest BCUT2D eigenvalue weighted by molar-refractivity contribution is -0.113. The molecule has 29 heavy (non-hydrogen) atoms. The van der Waals surface area contributed by atoms with E-state index in [-0.39, 0.29) is 11.6 Å². The van der Waals surface area contributed by atoms with Crippen molar-refractivity contribution in [3.63, 3.8) is 0 Å². The van der Waals surface area contributed by atoms with Crippen molar-refractivity contribution in [2.45, 2.75) is 13.8 Å². The van der Waals surface area contributed by atoms with E-state index in [4.69, 9.17) is 9.15 Å². The standard InChI is InChI=1S/C23H22N2O4/c1-3-28-21-12-11-18(14-16(21)2)24-23(27)20(15-19-10-7-13-29-19)25-22(26)17-8-5-4-6-9-17/h4-15H,3H2,1-2H3,(H,24,27)(H,25,26)/b20-15-. The molecule has 0 saturated heterocycles. The first-order valence-corrected chi connectivity index (χ1v) is 9.23. The quantitative estimate of drug-likeness (QED) is 0.586. The van der Waals surface area contributed by atoms with Gasteiger partial charge in [0.25, 0.3) is 11.8 Å². The Hall–Kier alpha value is -3.80. The van der Waals surface area contributed by atoms with Crippen molar-refractivity contribution in [3.8, 4) is 5.75 Å². The topological polar surface area (TPSA) is 80.6 Å². The van der Waals surface area contributed by atoms with Gasteiger partial charge in [-0.1, -0.05) is 18.2 Å². The maximum Gasteiger partial charge on any atom is 0.272 e. The van der Waals surface area contributed by atoms with Crippen molar-refractivity contribution in [1.29, 1.82) is 0 Å². The molecule has 0 radical (unpaired) electrons. The Morgan fingerprint density at radius 2 is 1.86 bits per heavy atom. The highest BCUT2D eigenvalue weighted by Crippen LogP contribution is 2.22. The van der Waals surface area contributed by atoms with Crippen LogP contribution in [-0.4, -0.2) is 18.4 Å². The number of ether oxygens (including phenoxy) is 1. The number of carbonyl (C=O) groups is 2. The van der Waals surface area contributed by atoms with E-state index >= 15 is 0 Å². The fraction of sp³-hybridized carbons (Fsp3) is 0.130. The van der Waals surface area contributed by atoms with Crippen LogP contribution >= 0.6 is 0 Å². The second-order valence-electron chi connectivity index (χ2n) is 6.26. The molecule has 0 fully saturated rings. The summed E-state index contributed by atoms with van der Waals surface area (Å²) in [5, 5.41) is 5.47. The molecule has 1 heterocycles. The van der Waals surface area contributed by atoms with Gasteiger partial charge in [0, 0.05) is 17.3 Å². The van der Waals surface area contributed by atoms with Crippen LogP contribution in [0.4, 0.5) is 5.69 Å². The summed E-state index contributed by atoms with van der Waals surface area (Å²) in [5.74, 6) is 0.358. The van der Waals surface area contributed by atoms with Crippen LogP contribution in [0, 0.1) is 6.92 Å². The van der Waals surface area contributed by atoms with Crippen molar-refractivity contribution in [2.24, 2.45) is 0 Å². The molecule has 0 bridgehead atoms. The van der Waals surface area contributed by atoms with Crippen LogP contribution in [0.15, 0.2) is 77.0 Å². The molecule has 148 valence electrons. The number of furan rings is 1. The molecule has 6 nitrogen and oxygen atoms in total. The predicted octanol–water partition coefficient (Wildman–Crippen LogP) is 4.40. The zero-order valence-electron chi connectivity index (χ0n) is 16.3. The van der Waals surface area contributed by atoms with Gasteiger partial charge in [0.2, 0.25) is 0 Å². The molecule has 0 unspecified atom stereocenters. The van der Waals surface area contributed by atoms with Crippen molar-refractivity contribution in [2.75, 3.05) is 11.9 Å². The summed E-state index contributed by atoms with van der Waals surface area (Å²) in [5.41, 5.74) is 2.01. The molecular formula is C23H22N2O4. The van der Waals surface area contributed by atoms with Crippen LogP contribution in [0.3, 0.4) is 0 Å². The molecule has 0 spiro atoms. The van der Waals surface area contributed by atoms with E-state index in [1.165, 1.54) is 12.3 Å². The van der Waals surface area contributed by atoms with Gasteiger partial charge in [0.15, 0.2) is 0 Å². The van der Waals surface area contributed by atoms with Crippen LogP contribution in [0.5, 0.6) is 5.75 Å². The largest absolute Gasteiger partial charge is 0.494 e. The number of carbonyl (C=O) groups excluding carboxylic acids is 2. The average Bonchev–Trinajstić information content (AvgIpc) is 3.23. The molecular weight excluding hydrogens is 368 g/mol. The lowest BCUT2D eigenvalue weighted by Gasteiger charge is -2.13. The van der Waals surface area contributed by atoms with Crippen molar-refractivity contribution in [1.82, 2.24) is 5.32 Å². The summed E-state index contributed by atoms with van der Waals surface area (Å²) >= 11 is 0. The Morgan fingerprint density at radius 1 is 1.07 bits per heavy atom. The minimum absolute atomic E-state index is 0.0698. The number of aryl methyl sites for hydroxylation is 1. The summed E-state index contributed by atoms with van der Waals surface area (Å²) in [4.78, 5) is 25.4. The van der Waals surface area contributed by atoms with Gasteiger partial charge >= 0.3 is 0 Å². The molecule has 0 saturated carbocycles. The lowest BCUT2D eigenvalue weighted by Crippen LogP contribution is -2.30. The summed E-state index contributed by atoms with van der Waals surface area (Å²) < 4.78 is 10.8. The van der Waals surface area contributed by atoms with Gasteiger partial charge in [-0.25, -0.2) is 0 Å². The summed E-state index contributed by atoms with van der Waals surface area (Å²) in [7, 11) is 0. The number of rotatable bonds is 7. The maximum absolute atomic E-state index is 12.9. The van der Waals surface area contributed by atoms with Crippen LogP contribution in [0.25, 0.3) is 6.08 Å². The molecule has 2 amide bonds. The average molecular weight is 390 g/mol. The Morgan fingerprint density at radius 3 is 2.52 bits per heavy atom. The zero-order valence-corrected chi connectivity index (χ0v) is 16.3. The first-order valence-electron chi connectivity index (χ1n) is 9.23. The SMILES string of the molecule is CCOc1ccc(NC(=O)/C(=C/c2ccco2)NC(=O)c2ccccc2)cc1C. The molecule has 0 aliphatic rings. The molecule has 3 rings (SSSR count). The number of hydrogen-bond donors (Lipinski definition) is 2. The van der Waals surface area contributed by atoms with Gasteiger partial charge < -0.3 is 19.8 Å². The van der Waals surface area contributed by atoms with Gasteiger partial charge in [-0.3, -0.25) is 9.59 Å². The molecule has 2 aromatic carbocycles. The molecule has 0 atom stereocenters. The fourth-order valence-corrected chi connectivity index (χ4v) is 2.70. The molecule has 3 aromatic rings. The molecule has 6 heteroatoms. The van der Waals surface area contributed by atoms with Crippen molar-refractivity contribution in [3.05, 3.63) is 89.5 Å². The Bertz CT molecular complexity index is 1010. The third kappa shape index (κ3) is 5.35. The third-order valence-electron chi connectivity index (χ3n) is 4.09. The highest BCUT2D eigenvalue weighted by molar-refractivity contribution is 6.10. The van der Waals surface area contributed by atoms with Gasteiger partial charge in [-0.05, 0) is 61.9 Å². The van der Waals surface area contributed by atoms with E-state index in [0.717, 1.165) is 11.3 Å². The van der Waals surface area contributed by atoms with E-state index in [0.29, 0.717) is 23.6 Å². The zero-order chi connectivity index (χ0) is 20.6. The van der Waals surface area contributed by atoms with E-state index in [2.05, 4.69) is 10.6 Å². The first-order chi connectivity index (χ1) is 14.1. The van der Waals surface area contributed by atoms with E-state index in [9.17, 15) is 9.59 Å². The van der Waals surface area contributed by atoms with Crippen molar-refractivity contribution < 1.29 is 18.7 Å². The molecule has 1 aromatic heterocycles. The summed E-state index contributed by atoms with van der Waals surface area (Å²) in [6, 6.07) is 17.4. The number of hydrogen-bond acceptors (Lipinski definition) is 4. The van der Waals surface area contributed by atoms with Crippen LogP contribution in [0.1, 0.15) is 28.6 Å². The first kappa shape index (κ1) is 19.9. The molecule has 0 aliphatic heterocycles. The Balaban J connectivity index is 1.81. The van der Waals surface area contributed by atoms with E-state index in [1.807, 2.05) is 26.0 Å². The normalized spacial score (nSPS) is 11.0. The fourth-order valence-electron chi connectivity index (χ4n) is 2.70. The smallest absolute Gasteiger partial charge is 0.272 e. The summed E-state index contributed by atoms with van der Waals surface area (Å²) in [6.45, 7) is 4.38. The predicted molar refractivity (Wildman–Crippen MR) is 112 cm³/mol.